The number of rotatable bonds is 3. The minimum Gasteiger partial charge on any atom is -0.394 e. The van der Waals surface area contributed by atoms with Gasteiger partial charge in [-0.3, -0.25) is 0 Å². The Bertz CT molecular complexity index is 194. The SMILES string of the molecule is CCN(CC)c1[c-]cccc1.[Li+]. The summed E-state index contributed by atoms with van der Waals surface area (Å²) in [5, 5.41) is 0. The van der Waals surface area contributed by atoms with Gasteiger partial charge >= 0.3 is 18.9 Å². The summed E-state index contributed by atoms with van der Waals surface area (Å²) in [4.78, 5) is 2.28. The summed E-state index contributed by atoms with van der Waals surface area (Å²) in [6, 6.07) is 11.3. The zero-order valence-electron chi connectivity index (χ0n) is 8.17. The van der Waals surface area contributed by atoms with Gasteiger partial charge in [0.1, 0.15) is 0 Å². The summed E-state index contributed by atoms with van der Waals surface area (Å²) in [5.74, 6) is 0. The second-order valence-electron chi connectivity index (χ2n) is 2.42. The van der Waals surface area contributed by atoms with Crippen LogP contribution in [0.1, 0.15) is 13.8 Å². The van der Waals surface area contributed by atoms with Gasteiger partial charge in [-0.05, 0) is 13.8 Å². The van der Waals surface area contributed by atoms with Gasteiger partial charge in [-0.2, -0.15) is 24.3 Å². The Hall–Kier alpha value is -0.383. The minimum absolute atomic E-state index is 0. The van der Waals surface area contributed by atoms with Crippen LogP contribution in [0.4, 0.5) is 5.69 Å². The van der Waals surface area contributed by atoms with Gasteiger partial charge in [0, 0.05) is 13.1 Å². The van der Waals surface area contributed by atoms with Crippen LogP contribution in [0, 0.1) is 6.07 Å². The van der Waals surface area contributed by atoms with Crippen molar-refractivity contribution in [2.24, 2.45) is 0 Å². The number of hydrogen-bond acceptors (Lipinski definition) is 1. The van der Waals surface area contributed by atoms with Gasteiger partial charge in [-0.25, -0.2) is 0 Å². The van der Waals surface area contributed by atoms with E-state index < -0.39 is 0 Å². The van der Waals surface area contributed by atoms with E-state index >= 15 is 0 Å². The minimum atomic E-state index is 0. The van der Waals surface area contributed by atoms with Crippen molar-refractivity contribution in [1.82, 2.24) is 0 Å². The molecule has 0 saturated carbocycles. The fraction of sp³-hybridized carbons (Fsp3) is 0.400. The van der Waals surface area contributed by atoms with Crippen molar-refractivity contribution in [2.45, 2.75) is 13.8 Å². The van der Waals surface area contributed by atoms with Gasteiger partial charge in [-0.15, -0.1) is 6.07 Å². The van der Waals surface area contributed by atoms with Crippen molar-refractivity contribution in [3.8, 4) is 0 Å². The van der Waals surface area contributed by atoms with E-state index in [4.69, 9.17) is 0 Å². The van der Waals surface area contributed by atoms with Crippen LogP contribution in [0.3, 0.4) is 0 Å². The molecule has 1 aromatic carbocycles. The van der Waals surface area contributed by atoms with E-state index in [-0.39, 0.29) is 18.9 Å². The van der Waals surface area contributed by atoms with Crippen molar-refractivity contribution >= 4 is 5.69 Å². The second-order valence-corrected chi connectivity index (χ2v) is 2.42. The topological polar surface area (TPSA) is 3.24 Å². The van der Waals surface area contributed by atoms with Crippen LogP contribution in [-0.4, -0.2) is 13.1 Å². The van der Waals surface area contributed by atoms with E-state index in [9.17, 15) is 0 Å². The molecule has 0 aliphatic heterocycles. The third kappa shape index (κ3) is 2.93. The monoisotopic (exact) mass is 155 g/mol. The van der Waals surface area contributed by atoms with Crippen LogP contribution in [0.2, 0.25) is 0 Å². The molecule has 1 nitrogen and oxygen atoms in total. The molecule has 0 radical (unpaired) electrons. The molecular weight excluding hydrogens is 141 g/mol. The predicted octanol–water partition coefficient (Wildman–Crippen LogP) is -0.663. The Labute approximate surface area is 86.9 Å². The fourth-order valence-electron chi connectivity index (χ4n) is 1.14. The Morgan fingerprint density at radius 2 is 1.92 bits per heavy atom. The number of nitrogens with zero attached hydrogens (tertiary/aromatic N) is 1. The summed E-state index contributed by atoms with van der Waals surface area (Å²) in [5.41, 5.74) is 1.19. The molecule has 12 heavy (non-hydrogen) atoms. The maximum atomic E-state index is 3.20. The van der Waals surface area contributed by atoms with E-state index in [1.807, 2.05) is 18.2 Å². The molecule has 0 fully saturated rings. The van der Waals surface area contributed by atoms with E-state index in [2.05, 4.69) is 30.9 Å². The van der Waals surface area contributed by atoms with E-state index in [0.717, 1.165) is 13.1 Å². The Morgan fingerprint density at radius 1 is 1.25 bits per heavy atom. The van der Waals surface area contributed by atoms with Gasteiger partial charge in [0.05, 0.1) is 0 Å². The van der Waals surface area contributed by atoms with E-state index in [1.54, 1.807) is 0 Å². The average molecular weight is 155 g/mol. The van der Waals surface area contributed by atoms with Crippen LogP contribution in [0.5, 0.6) is 0 Å². The molecule has 0 saturated heterocycles. The fourth-order valence-corrected chi connectivity index (χ4v) is 1.14. The zero-order valence-corrected chi connectivity index (χ0v) is 8.17. The third-order valence-electron chi connectivity index (χ3n) is 1.80. The standard InChI is InChI=1S/C10H14N.Li/c1-3-11(4-2)10-8-6-5-7-9-10;/h5-8H,3-4H2,1-2H3;/q-1;+1. The summed E-state index contributed by atoms with van der Waals surface area (Å²) in [6.07, 6.45) is 0. The molecule has 0 spiro atoms. The molecular formula is C10H14LiN. The normalized spacial score (nSPS) is 8.83. The van der Waals surface area contributed by atoms with Crippen molar-refractivity contribution < 1.29 is 18.9 Å². The first-order chi connectivity index (χ1) is 5.38. The smallest absolute Gasteiger partial charge is 0.394 e. The number of anilines is 1. The zero-order chi connectivity index (χ0) is 8.10. The number of para-hydroxylation sites is 1. The van der Waals surface area contributed by atoms with Crippen LogP contribution in [-0.2, 0) is 0 Å². The van der Waals surface area contributed by atoms with Crippen LogP contribution in [0.25, 0.3) is 0 Å². The molecule has 0 aromatic heterocycles. The first kappa shape index (κ1) is 11.6. The maximum Gasteiger partial charge on any atom is 1.00 e. The van der Waals surface area contributed by atoms with Crippen LogP contribution in [0.15, 0.2) is 24.3 Å². The summed E-state index contributed by atoms with van der Waals surface area (Å²) in [7, 11) is 0. The third-order valence-corrected chi connectivity index (χ3v) is 1.80. The molecule has 0 aliphatic rings. The van der Waals surface area contributed by atoms with Crippen LogP contribution >= 0.6 is 0 Å². The summed E-state index contributed by atoms with van der Waals surface area (Å²) >= 11 is 0. The van der Waals surface area contributed by atoms with Gasteiger partial charge in [0.2, 0.25) is 0 Å². The summed E-state index contributed by atoms with van der Waals surface area (Å²) < 4.78 is 0. The molecule has 0 amide bonds. The van der Waals surface area contributed by atoms with E-state index in [0.29, 0.717) is 0 Å². The first-order valence-corrected chi connectivity index (χ1v) is 4.10. The van der Waals surface area contributed by atoms with Crippen LogP contribution < -0.4 is 23.8 Å². The molecule has 0 atom stereocenters. The Balaban J connectivity index is 0.00000121. The molecule has 2 heteroatoms. The van der Waals surface area contributed by atoms with Crippen molar-refractivity contribution in [1.29, 1.82) is 0 Å². The quantitative estimate of drug-likeness (QED) is 0.413. The number of hydrogen-bond donors (Lipinski definition) is 0. The molecule has 0 N–H and O–H groups in total. The first-order valence-electron chi connectivity index (χ1n) is 4.10. The largest absolute Gasteiger partial charge is 1.00 e. The van der Waals surface area contributed by atoms with Crippen molar-refractivity contribution in [2.75, 3.05) is 18.0 Å². The van der Waals surface area contributed by atoms with Gasteiger partial charge in [0.15, 0.2) is 0 Å². The Kier molecular flexibility index (Phi) is 5.97. The average Bonchev–Trinajstić information content (AvgIpc) is 2.09. The van der Waals surface area contributed by atoms with Gasteiger partial charge < -0.3 is 4.90 Å². The molecule has 60 valence electrons. The number of benzene rings is 1. The molecule has 1 aromatic rings. The van der Waals surface area contributed by atoms with Crippen molar-refractivity contribution in [3.05, 3.63) is 30.3 Å². The molecule has 0 bridgehead atoms. The molecule has 0 aliphatic carbocycles. The second kappa shape index (κ2) is 6.17. The van der Waals surface area contributed by atoms with E-state index in [1.165, 1.54) is 5.69 Å². The van der Waals surface area contributed by atoms with Gasteiger partial charge in [0.25, 0.3) is 0 Å². The maximum absolute atomic E-state index is 3.20. The molecule has 0 heterocycles. The summed E-state index contributed by atoms with van der Waals surface area (Å²) in [6.45, 7) is 6.42. The molecule has 0 unspecified atom stereocenters. The Morgan fingerprint density at radius 3 is 2.33 bits per heavy atom. The van der Waals surface area contributed by atoms with Gasteiger partial charge in [-0.1, -0.05) is 5.69 Å². The predicted molar refractivity (Wildman–Crippen MR) is 48.8 cm³/mol. The molecule has 1 rings (SSSR count). The van der Waals surface area contributed by atoms with Crippen molar-refractivity contribution in [3.63, 3.8) is 0 Å².